The summed E-state index contributed by atoms with van der Waals surface area (Å²) in [6, 6.07) is -1.18. The third kappa shape index (κ3) is 4.76. The topological polar surface area (TPSA) is 78.4 Å². The Morgan fingerprint density at radius 2 is 2.22 bits per heavy atom. The lowest BCUT2D eigenvalue weighted by Crippen LogP contribution is -2.48. The van der Waals surface area contributed by atoms with Crippen molar-refractivity contribution in [3.8, 4) is 0 Å². The zero-order chi connectivity index (χ0) is 13.6. The number of carboxylic acid groups (broad SMARTS) is 1. The average Bonchev–Trinajstić information content (AvgIpc) is 2.73. The van der Waals surface area contributed by atoms with Gasteiger partial charge in [-0.05, 0) is 31.9 Å². The van der Waals surface area contributed by atoms with E-state index in [1.165, 1.54) is 6.42 Å². The summed E-state index contributed by atoms with van der Waals surface area (Å²) in [6.07, 6.45) is 3.45. The number of carbonyl (C=O) groups excluding carboxylic acids is 1. The molecule has 0 saturated carbocycles. The summed E-state index contributed by atoms with van der Waals surface area (Å²) in [5.74, 6) is 0.154. The van der Waals surface area contributed by atoms with Gasteiger partial charge in [0.25, 0.3) is 0 Å². The van der Waals surface area contributed by atoms with Crippen molar-refractivity contribution in [2.24, 2.45) is 0 Å². The van der Waals surface area contributed by atoms with Crippen molar-refractivity contribution in [1.29, 1.82) is 0 Å². The van der Waals surface area contributed by atoms with Crippen LogP contribution >= 0.6 is 11.8 Å². The van der Waals surface area contributed by atoms with Gasteiger partial charge in [0.05, 0.1) is 0 Å². The number of rotatable bonds is 6. The maximum absolute atomic E-state index is 11.6. The van der Waals surface area contributed by atoms with Crippen molar-refractivity contribution in [3.63, 3.8) is 0 Å². The first-order chi connectivity index (χ1) is 8.47. The molecule has 1 saturated heterocycles. The third-order valence-corrected chi connectivity index (χ3v) is 4.64. The largest absolute Gasteiger partial charge is 0.480 e. The number of carboxylic acids is 1. The predicted octanol–water partition coefficient (Wildman–Crippen LogP) is 1.82. The molecular formula is C12H22N2O3S. The molecule has 5 nitrogen and oxygen atoms in total. The monoisotopic (exact) mass is 274 g/mol. The fraction of sp³-hybridized carbons (Fsp3) is 0.833. The van der Waals surface area contributed by atoms with Crippen LogP contribution in [0.5, 0.6) is 0 Å². The van der Waals surface area contributed by atoms with Crippen LogP contribution in [0.15, 0.2) is 0 Å². The van der Waals surface area contributed by atoms with Crippen LogP contribution in [0, 0.1) is 0 Å². The Morgan fingerprint density at radius 3 is 2.72 bits per heavy atom. The quantitative estimate of drug-likeness (QED) is 0.690. The average molecular weight is 274 g/mol. The SMILES string of the molecule is CCC[C@@H](NC(=O)NCC1(C)CCCS1)C(=O)O. The Labute approximate surface area is 112 Å². The number of nitrogens with one attached hydrogen (secondary N) is 2. The first kappa shape index (κ1) is 15.1. The van der Waals surface area contributed by atoms with Crippen molar-refractivity contribution < 1.29 is 14.7 Å². The molecule has 1 aliphatic rings. The highest BCUT2D eigenvalue weighted by atomic mass is 32.2. The summed E-state index contributed by atoms with van der Waals surface area (Å²) in [5, 5.41) is 14.2. The normalized spacial score (nSPS) is 24.6. The van der Waals surface area contributed by atoms with Gasteiger partial charge in [-0.3, -0.25) is 0 Å². The van der Waals surface area contributed by atoms with Crippen LogP contribution in [-0.4, -0.2) is 40.2 Å². The number of carbonyl (C=O) groups is 2. The van der Waals surface area contributed by atoms with Gasteiger partial charge in [0, 0.05) is 11.3 Å². The van der Waals surface area contributed by atoms with Gasteiger partial charge in [-0.2, -0.15) is 11.8 Å². The molecule has 1 unspecified atom stereocenters. The fourth-order valence-electron chi connectivity index (χ4n) is 2.00. The van der Waals surface area contributed by atoms with Gasteiger partial charge in [-0.1, -0.05) is 13.3 Å². The lowest BCUT2D eigenvalue weighted by Gasteiger charge is -2.23. The molecule has 0 aliphatic carbocycles. The summed E-state index contributed by atoms with van der Waals surface area (Å²) in [6.45, 7) is 4.61. The third-order valence-electron chi connectivity index (χ3n) is 3.10. The summed E-state index contributed by atoms with van der Waals surface area (Å²) in [4.78, 5) is 22.5. The second-order valence-electron chi connectivity index (χ2n) is 4.91. The highest BCUT2D eigenvalue weighted by Crippen LogP contribution is 2.36. The van der Waals surface area contributed by atoms with E-state index < -0.39 is 12.0 Å². The standard InChI is InChI=1S/C12H22N2O3S/c1-3-5-9(10(15)16)14-11(17)13-8-12(2)6-4-7-18-12/h9H,3-8H2,1-2H3,(H,15,16)(H2,13,14,17)/t9-,12?/m1/s1. The van der Waals surface area contributed by atoms with Gasteiger partial charge < -0.3 is 15.7 Å². The summed E-state index contributed by atoms with van der Waals surface area (Å²) in [7, 11) is 0. The molecule has 0 aromatic carbocycles. The highest BCUT2D eigenvalue weighted by molar-refractivity contribution is 8.00. The molecule has 104 valence electrons. The van der Waals surface area contributed by atoms with E-state index in [0.29, 0.717) is 13.0 Å². The molecule has 1 rings (SSSR count). The smallest absolute Gasteiger partial charge is 0.326 e. The molecule has 0 radical (unpaired) electrons. The predicted molar refractivity (Wildman–Crippen MR) is 73.0 cm³/mol. The van der Waals surface area contributed by atoms with Gasteiger partial charge in [-0.15, -0.1) is 0 Å². The minimum Gasteiger partial charge on any atom is -0.480 e. The highest BCUT2D eigenvalue weighted by Gasteiger charge is 2.30. The van der Waals surface area contributed by atoms with Gasteiger partial charge in [0.1, 0.15) is 6.04 Å². The number of thioether (sulfide) groups is 1. The van der Waals surface area contributed by atoms with Crippen LogP contribution in [0.2, 0.25) is 0 Å². The molecule has 1 heterocycles. The van der Waals surface area contributed by atoms with Crippen LogP contribution in [-0.2, 0) is 4.79 Å². The molecule has 3 N–H and O–H groups in total. The van der Waals surface area contributed by atoms with Crippen LogP contribution in [0.3, 0.4) is 0 Å². The second-order valence-corrected chi connectivity index (χ2v) is 6.59. The van der Waals surface area contributed by atoms with Crippen molar-refractivity contribution in [3.05, 3.63) is 0 Å². The van der Waals surface area contributed by atoms with E-state index in [9.17, 15) is 9.59 Å². The maximum atomic E-state index is 11.6. The lowest BCUT2D eigenvalue weighted by atomic mass is 10.1. The first-order valence-electron chi connectivity index (χ1n) is 6.38. The number of hydrogen-bond donors (Lipinski definition) is 3. The zero-order valence-corrected chi connectivity index (χ0v) is 11.8. The second kappa shape index (κ2) is 6.87. The van der Waals surface area contributed by atoms with E-state index in [2.05, 4.69) is 17.6 Å². The maximum Gasteiger partial charge on any atom is 0.326 e. The Bertz CT molecular complexity index is 304. The summed E-state index contributed by atoms with van der Waals surface area (Å²) >= 11 is 1.86. The Hall–Kier alpha value is -0.910. The Balaban J connectivity index is 2.33. The molecule has 0 aromatic heterocycles. The molecule has 1 fully saturated rings. The van der Waals surface area contributed by atoms with Crippen LogP contribution in [0.4, 0.5) is 4.79 Å². The van der Waals surface area contributed by atoms with Crippen LogP contribution in [0.1, 0.15) is 39.5 Å². The van der Waals surface area contributed by atoms with Crippen LogP contribution in [0.25, 0.3) is 0 Å². The molecule has 1 aliphatic heterocycles. The van der Waals surface area contributed by atoms with Crippen molar-refractivity contribution in [2.45, 2.75) is 50.3 Å². The zero-order valence-electron chi connectivity index (χ0n) is 11.0. The van der Waals surface area contributed by atoms with Crippen molar-refractivity contribution in [2.75, 3.05) is 12.3 Å². The van der Waals surface area contributed by atoms with E-state index in [0.717, 1.165) is 18.6 Å². The fourth-order valence-corrected chi connectivity index (χ4v) is 3.24. The number of hydrogen-bond acceptors (Lipinski definition) is 3. The Morgan fingerprint density at radius 1 is 1.50 bits per heavy atom. The van der Waals surface area contributed by atoms with Crippen LogP contribution < -0.4 is 10.6 Å². The van der Waals surface area contributed by atoms with E-state index in [1.54, 1.807) is 0 Å². The molecule has 0 aromatic rings. The molecule has 0 bridgehead atoms. The molecule has 2 amide bonds. The Kier molecular flexibility index (Phi) is 5.78. The molecule has 0 spiro atoms. The molecule has 18 heavy (non-hydrogen) atoms. The molecular weight excluding hydrogens is 252 g/mol. The van der Waals surface area contributed by atoms with Crippen molar-refractivity contribution in [1.82, 2.24) is 10.6 Å². The van der Waals surface area contributed by atoms with Gasteiger partial charge in [-0.25, -0.2) is 9.59 Å². The van der Waals surface area contributed by atoms with E-state index in [4.69, 9.17) is 5.11 Å². The minimum atomic E-state index is -0.978. The minimum absolute atomic E-state index is 0.0980. The van der Waals surface area contributed by atoms with Crippen molar-refractivity contribution >= 4 is 23.8 Å². The number of amides is 2. The van der Waals surface area contributed by atoms with Gasteiger partial charge >= 0.3 is 12.0 Å². The van der Waals surface area contributed by atoms with E-state index >= 15 is 0 Å². The molecule has 2 atom stereocenters. The van der Waals surface area contributed by atoms with E-state index in [1.807, 2.05) is 18.7 Å². The van der Waals surface area contributed by atoms with Gasteiger partial charge in [0.2, 0.25) is 0 Å². The van der Waals surface area contributed by atoms with E-state index in [-0.39, 0.29) is 10.8 Å². The summed E-state index contributed by atoms with van der Waals surface area (Å²) < 4.78 is 0.0980. The first-order valence-corrected chi connectivity index (χ1v) is 7.36. The number of urea groups is 1. The molecule has 6 heteroatoms. The summed E-state index contributed by atoms with van der Waals surface area (Å²) in [5.41, 5.74) is 0. The van der Waals surface area contributed by atoms with Gasteiger partial charge in [0.15, 0.2) is 0 Å². The lowest BCUT2D eigenvalue weighted by molar-refractivity contribution is -0.139. The number of aliphatic carboxylic acids is 1.